The van der Waals surface area contributed by atoms with E-state index >= 15 is 0 Å². The maximum absolute atomic E-state index is 11.5. The van der Waals surface area contributed by atoms with Gasteiger partial charge in [-0.15, -0.1) is 0 Å². The van der Waals surface area contributed by atoms with Crippen molar-refractivity contribution in [3.8, 4) is 11.5 Å². The predicted octanol–water partition coefficient (Wildman–Crippen LogP) is 1.67. The van der Waals surface area contributed by atoms with Crippen LogP contribution in [0.2, 0.25) is 0 Å². The summed E-state index contributed by atoms with van der Waals surface area (Å²) in [4.78, 5) is 11.5. The third-order valence-corrected chi connectivity index (χ3v) is 4.18. The number of carbonyl (C=O) groups excluding carboxylic acids is 1. The van der Waals surface area contributed by atoms with Crippen molar-refractivity contribution in [2.75, 3.05) is 21.3 Å². The minimum atomic E-state index is -1.20. The molecule has 1 aromatic carbocycles. The van der Waals surface area contributed by atoms with Gasteiger partial charge in [-0.3, -0.25) is 0 Å². The van der Waals surface area contributed by atoms with Gasteiger partial charge in [0.1, 0.15) is 0 Å². The Kier molecular flexibility index (Phi) is 4.42. The van der Waals surface area contributed by atoms with Gasteiger partial charge in [0.05, 0.1) is 5.56 Å². The van der Waals surface area contributed by atoms with E-state index in [9.17, 15) is 9.36 Å². The lowest BCUT2D eigenvalue weighted by Gasteiger charge is -2.36. The van der Waals surface area contributed by atoms with Crippen molar-refractivity contribution in [3.05, 3.63) is 17.7 Å². The van der Waals surface area contributed by atoms with Crippen molar-refractivity contribution < 1.29 is 28.3 Å². The third-order valence-electron chi connectivity index (χ3n) is 3.66. The van der Waals surface area contributed by atoms with Crippen LogP contribution in [0.5, 0.6) is 11.5 Å². The Morgan fingerprint density at radius 1 is 1.27 bits per heavy atom. The Hall–Kier alpha value is -1.69. The molecule has 0 aromatic heterocycles. The number of rotatable bonds is 4. The summed E-state index contributed by atoms with van der Waals surface area (Å²) >= 11 is 0. The monoisotopic (exact) mass is 328 g/mol. The van der Waals surface area contributed by atoms with E-state index in [2.05, 4.69) is 5.32 Å². The Bertz CT molecular complexity index is 612. The van der Waals surface area contributed by atoms with Crippen molar-refractivity contribution in [1.29, 1.82) is 0 Å². The van der Waals surface area contributed by atoms with E-state index in [-0.39, 0.29) is 5.75 Å². The van der Waals surface area contributed by atoms with Gasteiger partial charge in [-0.2, -0.15) is 0 Å². The van der Waals surface area contributed by atoms with Gasteiger partial charge < -0.3 is 24.3 Å². The molecule has 0 spiro atoms. The largest absolute Gasteiger partial charge is 0.477 e. The third kappa shape index (κ3) is 2.35. The molecule has 1 heterocycles. The molecular formula is C14H19NO6P+. The zero-order chi connectivity index (χ0) is 16.5. The van der Waals surface area contributed by atoms with Crippen LogP contribution < -0.4 is 20.1 Å². The molecule has 2 rings (SSSR count). The maximum atomic E-state index is 11.5. The van der Waals surface area contributed by atoms with Gasteiger partial charge in [-0.1, -0.05) is 4.57 Å². The highest BCUT2D eigenvalue weighted by Gasteiger charge is 2.58. The average molecular weight is 328 g/mol. The topological polar surface area (TPSA) is 83.1 Å². The summed E-state index contributed by atoms with van der Waals surface area (Å²) in [5.41, 5.74) is -0.341. The molecule has 0 fully saturated rings. The van der Waals surface area contributed by atoms with Gasteiger partial charge in [-0.05, 0) is 13.8 Å². The van der Waals surface area contributed by atoms with Gasteiger partial charge in [0.15, 0.2) is 22.4 Å². The molecule has 1 unspecified atom stereocenters. The lowest BCUT2D eigenvalue weighted by atomic mass is 9.92. The standard InChI is InChI=1S/C14H18NO6P/c1-13(2)14(18-4,19-5)9-6-8(22-17)7-10(11(9)21-13)20-12(16)15-3/h6-7H,1-5H3,(H,15,16)/p+1. The fraction of sp³-hybridized carbons (Fsp3) is 0.500. The highest BCUT2D eigenvalue weighted by atomic mass is 31.1. The number of fused-ring (bicyclic) bond motifs is 1. The van der Waals surface area contributed by atoms with Crippen LogP contribution in [-0.4, -0.2) is 33.0 Å². The quantitative estimate of drug-likeness (QED) is 0.669. The summed E-state index contributed by atoms with van der Waals surface area (Å²) in [6, 6.07) is 3.16. The van der Waals surface area contributed by atoms with Crippen LogP contribution in [0.3, 0.4) is 0 Å². The first kappa shape index (κ1) is 16.7. The number of hydrogen-bond donors (Lipinski definition) is 1. The van der Waals surface area contributed by atoms with Crippen LogP contribution in [0.4, 0.5) is 4.79 Å². The summed E-state index contributed by atoms with van der Waals surface area (Å²) in [6.07, 6.45) is -0.651. The van der Waals surface area contributed by atoms with Crippen molar-refractivity contribution >= 4 is 19.9 Å². The molecule has 0 bridgehead atoms. The Morgan fingerprint density at radius 3 is 2.41 bits per heavy atom. The van der Waals surface area contributed by atoms with Gasteiger partial charge in [0.2, 0.25) is 5.79 Å². The molecule has 22 heavy (non-hydrogen) atoms. The molecule has 1 amide bonds. The van der Waals surface area contributed by atoms with E-state index in [0.717, 1.165) is 0 Å². The van der Waals surface area contributed by atoms with E-state index in [4.69, 9.17) is 18.9 Å². The van der Waals surface area contributed by atoms with E-state index in [1.54, 1.807) is 19.9 Å². The maximum Gasteiger partial charge on any atom is 0.412 e. The summed E-state index contributed by atoms with van der Waals surface area (Å²) in [5, 5.41) is 2.83. The van der Waals surface area contributed by atoms with E-state index in [1.165, 1.54) is 27.3 Å². The van der Waals surface area contributed by atoms with Crippen LogP contribution in [0.15, 0.2) is 12.1 Å². The average Bonchev–Trinajstić information content (AvgIpc) is 2.73. The fourth-order valence-corrected chi connectivity index (χ4v) is 3.07. The molecule has 0 aliphatic carbocycles. The molecule has 7 nitrogen and oxygen atoms in total. The lowest BCUT2D eigenvalue weighted by Crippen LogP contribution is -2.49. The molecule has 120 valence electrons. The molecule has 0 saturated carbocycles. The van der Waals surface area contributed by atoms with Crippen molar-refractivity contribution in [2.24, 2.45) is 0 Å². The summed E-state index contributed by atoms with van der Waals surface area (Å²) in [5.74, 6) is -0.697. The SMILES string of the molecule is CNC(=O)Oc1cc([PH+]=O)cc2c1OC(C)(C)C2(OC)OC. The molecule has 8 heteroatoms. The smallest absolute Gasteiger partial charge is 0.412 e. The number of carbonyl (C=O) groups is 1. The number of ether oxygens (including phenoxy) is 4. The van der Waals surface area contributed by atoms with Gasteiger partial charge in [-0.25, -0.2) is 4.79 Å². The molecule has 1 aromatic rings. The van der Waals surface area contributed by atoms with Crippen molar-refractivity contribution in [2.45, 2.75) is 25.2 Å². The zero-order valence-corrected chi connectivity index (χ0v) is 14.1. The minimum absolute atomic E-state index is 0.166. The lowest BCUT2D eigenvalue weighted by molar-refractivity contribution is -0.276. The predicted molar refractivity (Wildman–Crippen MR) is 80.6 cm³/mol. The van der Waals surface area contributed by atoms with Gasteiger partial charge in [0, 0.05) is 33.4 Å². The fourth-order valence-electron chi connectivity index (χ4n) is 2.68. The minimum Gasteiger partial charge on any atom is -0.477 e. The summed E-state index contributed by atoms with van der Waals surface area (Å²) < 4.78 is 33.6. The van der Waals surface area contributed by atoms with Gasteiger partial charge in [0.25, 0.3) is 0 Å². The van der Waals surface area contributed by atoms with Crippen LogP contribution in [0.1, 0.15) is 19.4 Å². The molecule has 0 saturated heterocycles. The number of methoxy groups -OCH3 is 2. The molecule has 0 radical (unpaired) electrons. The molecule has 1 aliphatic rings. The summed E-state index contributed by atoms with van der Waals surface area (Å²) in [7, 11) is 3.72. The van der Waals surface area contributed by atoms with E-state index < -0.39 is 25.9 Å². The Labute approximate surface area is 130 Å². The first-order valence-electron chi connectivity index (χ1n) is 6.60. The second-order valence-electron chi connectivity index (χ2n) is 5.23. The van der Waals surface area contributed by atoms with Crippen LogP contribution in [0, 0.1) is 0 Å². The molecule has 1 aliphatic heterocycles. The van der Waals surface area contributed by atoms with Crippen LogP contribution in [0.25, 0.3) is 0 Å². The Morgan fingerprint density at radius 2 is 1.91 bits per heavy atom. The van der Waals surface area contributed by atoms with Crippen molar-refractivity contribution in [3.63, 3.8) is 0 Å². The second-order valence-corrected chi connectivity index (χ2v) is 6.01. The normalized spacial score (nSPS) is 17.7. The number of nitrogens with one attached hydrogen (secondary N) is 1. The molecular weight excluding hydrogens is 309 g/mol. The van der Waals surface area contributed by atoms with Crippen LogP contribution >= 0.6 is 8.46 Å². The highest BCUT2D eigenvalue weighted by molar-refractivity contribution is 7.34. The number of benzene rings is 1. The number of amides is 1. The van der Waals surface area contributed by atoms with Crippen molar-refractivity contribution in [1.82, 2.24) is 5.32 Å². The first-order chi connectivity index (χ1) is 10.3. The summed E-state index contributed by atoms with van der Waals surface area (Å²) in [6.45, 7) is 3.59. The first-order valence-corrected chi connectivity index (χ1v) is 7.51. The Balaban J connectivity index is 2.67. The molecule has 1 atom stereocenters. The second kappa shape index (κ2) is 5.83. The van der Waals surface area contributed by atoms with E-state index in [1.807, 2.05) is 0 Å². The molecule has 1 N–H and O–H groups in total. The van der Waals surface area contributed by atoms with Crippen LogP contribution in [-0.2, 0) is 19.8 Å². The van der Waals surface area contributed by atoms with E-state index in [0.29, 0.717) is 16.6 Å². The zero-order valence-electron chi connectivity index (χ0n) is 13.1. The van der Waals surface area contributed by atoms with Gasteiger partial charge >= 0.3 is 14.6 Å². The number of hydrogen-bond acceptors (Lipinski definition) is 6. The highest BCUT2D eigenvalue weighted by Crippen LogP contribution is 2.53.